The van der Waals surface area contributed by atoms with Gasteiger partial charge in [0.25, 0.3) is 0 Å². The van der Waals surface area contributed by atoms with Gasteiger partial charge in [0.15, 0.2) is 0 Å². The van der Waals surface area contributed by atoms with E-state index in [2.05, 4.69) is 10.6 Å². The van der Waals surface area contributed by atoms with Gasteiger partial charge in [0.05, 0.1) is 6.54 Å². The van der Waals surface area contributed by atoms with Crippen LogP contribution in [0.15, 0.2) is 53.4 Å². The van der Waals surface area contributed by atoms with Gasteiger partial charge < -0.3 is 15.5 Å². The first-order chi connectivity index (χ1) is 14.8. The highest BCUT2D eigenvalue weighted by atomic mass is 32.2. The van der Waals surface area contributed by atoms with Crippen molar-refractivity contribution >= 4 is 22.0 Å². The molecule has 3 amide bonds. The molecule has 8 nitrogen and oxygen atoms in total. The van der Waals surface area contributed by atoms with E-state index in [0.29, 0.717) is 12.6 Å². The minimum Gasteiger partial charge on any atom is -0.339 e. The second-order valence-corrected chi connectivity index (χ2v) is 8.79. The third-order valence-electron chi connectivity index (χ3n) is 4.80. The average Bonchev–Trinajstić information content (AvgIpc) is 2.78. The number of rotatable bonds is 6. The lowest BCUT2D eigenvalue weighted by atomic mass is 10.2. The topological polar surface area (TPSA) is 98.8 Å². The van der Waals surface area contributed by atoms with Crippen molar-refractivity contribution in [2.24, 2.45) is 0 Å². The molecule has 0 atom stereocenters. The van der Waals surface area contributed by atoms with Gasteiger partial charge in [0.1, 0.15) is 16.5 Å². The molecule has 1 heterocycles. The van der Waals surface area contributed by atoms with Crippen LogP contribution in [0.4, 0.5) is 13.6 Å². The summed E-state index contributed by atoms with van der Waals surface area (Å²) in [6, 6.07) is 11.0. The van der Waals surface area contributed by atoms with Gasteiger partial charge in [0.2, 0.25) is 15.9 Å². The standard InChI is InChI=1S/C20H22F2N4O4S/c21-16-6-7-17(22)18(12-16)31(29,30)26-10-8-25(9-11-26)19(27)14-24-20(28)23-13-15-4-2-1-3-5-15/h1-7,12H,8-11,13-14H2,(H2,23,24,28). The molecule has 2 aromatic rings. The second-order valence-electron chi connectivity index (χ2n) is 6.88. The highest BCUT2D eigenvalue weighted by Crippen LogP contribution is 2.21. The summed E-state index contributed by atoms with van der Waals surface area (Å²) in [4.78, 5) is 24.8. The highest BCUT2D eigenvalue weighted by Gasteiger charge is 2.32. The Morgan fingerprint density at radius 3 is 2.29 bits per heavy atom. The van der Waals surface area contributed by atoms with Crippen LogP contribution in [0.1, 0.15) is 5.56 Å². The summed E-state index contributed by atoms with van der Waals surface area (Å²) in [6.45, 7) is 0.0824. The summed E-state index contributed by atoms with van der Waals surface area (Å²) in [5.74, 6) is -2.26. The molecule has 0 unspecified atom stereocenters. The number of carbonyl (C=O) groups is 2. The maximum absolute atomic E-state index is 13.9. The normalized spacial score (nSPS) is 14.8. The highest BCUT2D eigenvalue weighted by molar-refractivity contribution is 7.89. The molecule has 1 aliphatic heterocycles. The predicted octanol–water partition coefficient (Wildman–Crippen LogP) is 1.30. The number of carbonyl (C=O) groups excluding carboxylic acids is 2. The van der Waals surface area contributed by atoms with E-state index in [0.717, 1.165) is 22.0 Å². The Morgan fingerprint density at radius 2 is 1.61 bits per heavy atom. The number of benzene rings is 2. The van der Waals surface area contributed by atoms with Crippen LogP contribution in [-0.2, 0) is 21.4 Å². The van der Waals surface area contributed by atoms with Gasteiger partial charge in [-0.1, -0.05) is 30.3 Å². The molecule has 31 heavy (non-hydrogen) atoms. The van der Waals surface area contributed by atoms with Crippen molar-refractivity contribution in [2.45, 2.75) is 11.4 Å². The number of amides is 3. The zero-order valence-corrected chi connectivity index (χ0v) is 17.4. The summed E-state index contributed by atoms with van der Waals surface area (Å²) in [6.07, 6.45) is 0. The van der Waals surface area contributed by atoms with Gasteiger partial charge in [0, 0.05) is 32.7 Å². The van der Waals surface area contributed by atoms with Gasteiger partial charge in [-0.3, -0.25) is 4.79 Å². The molecular weight excluding hydrogens is 430 g/mol. The van der Waals surface area contributed by atoms with Crippen molar-refractivity contribution < 1.29 is 26.8 Å². The fourth-order valence-corrected chi connectivity index (χ4v) is 4.60. The molecule has 0 radical (unpaired) electrons. The van der Waals surface area contributed by atoms with Crippen molar-refractivity contribution in [1.82, 2.24) is 19.8 Å². The minimum atomic E-state index is -4.22. The Morgan fingerprint density at radius 1 is 0.935 bits per heavy atom. The minimum absolute atomic E-state index is 0.0652. The first kappa shape index (κ1) is 22.6. The zero-order valence-electron chi connectivity index (χ0n) is 16.6. The molecule has 0 aromatic heterocycles. The van der Waals surface area contributed by atoms with Crippen molar-refractivity contribution in [3.05, 3.63) is 65.7 Å². The molecule has 0 saturated carbocycles. The number of urea groups is 1. The van der Waals surface area contributed by atoms with Crippen LogP contribution < -0.4 is 10.6 Å². The number of nitrogens with zero attached hydrogens (tertiary/aromatic N) is 2. The SMILES string of the molecule is O=C(NCC(=O)N1CCN(S(=O)(=O)c2cc(F)ccc2F)CC1)NCc1ccccc1. The Bertz CT molecular complexity index is 1040. The van der Waals surface area contributed by atoms with Gasteiger partial charge in [-0.25, -0.2) is 22.0 Å². The third kappa shape index (κ3) is 5.76. The molecular formula is C20H22F2N4O4S. The van der Waals surface area contributed by atoms with Gasteiger partial charge in [-0.05, 0) is 23.8 Å². The van der Waals surface area contributed by atoms with Crippen LogP contribution in [0.3, 0.4) is 0 Å². The lowest BCUT2D eigenvalue weighted by molar-refractivity contribution is -0.131. The molecule has 1 fully saturated rings. The third-order valence-corrected chi connectivity index (χ3v) is 6.71. The molecule has 0 bridgehead atoms. The van der Waals surface area contributed by atoms with Crippen LogP contribution in [0, 0.1) is 11.6 Å². The van der Waals surface area contributed by atoms with E-state index in [4.69, 9.17) is 0 Å². The number of hydrogen-bond acceptors (Lipinski definition) is 4. The fourth-order valence-electron chi connectivity index (χ4n) is 3.10. The Balaban J connectivity index is 1.47. The molecule has 2 N–H and O–H groups in total. The van der Waals surface area contributed by atoms with Gasteiger partial charge >= 0.3 is 6.03 Å². The first-order valence-electron chi connectivity index (χ1n) is 9.56. The van der Waals surface area contributed by atoms with Crippen LogP contribution in [0.25, 0.3) is 0 Å². The van der Waals surface area contributed by atoms with E-state index in [1.54, 1.807) is 0 Å². The summed E-state index contributed by atoms with van der Waals surface area (Å²) in [5, 5.41) is 5.10. The fraction of sp³-hybridized carbons (Fsp3) is 0.300. The quantitative estimate of drug-likeness (QED) is 0.690. The van der Waals surface area contributed by atoms with Crippen molar-refractivity contribution in [2.75, 3.05) is 32.7 Å². The Kier molecular flexibility index (Phi) is 7.18. The van der Waals surface area contributed by atoms with E-state index < -0.39 is 32.6 Å². The maximum Gasteiger partial charge on any atom is 0.315 e. The molecule has 0 spiro atoms. The van der Waals surface area contributed by atoms with E-state index in [1.807, 2.05) is 30.3 Å². The van der Waals surface area contributed by atoms with E-state index in [-0.39, 0.29) is 38.6 Å². The smallest absolute Gasteiger partial charge is 0.315 e. The van der Waals surface area contributed by atoms with E-state index in [1.165, 1.54) is 4.90 Å². The summed E-state index contributed by atoms with van der Waals surface area (Å²) < 4.78 is 53.5. The van der Waals surface area contributed by atoms with Gasteiger partial charge in [-0.2, -0.15) is 4.31 Å². The number of halogens is 2. The van der Waals surface area contributed by atoms with Crippen molar-refractivity contribution in [1.29, 1.82) is 0 Å². The Hall–Kier alpha value is -3.05. The lowest BCUT2D eigenvalue weighted by Gasteiger charge is -2.34. The monoisotopic (exact) mass is 452 g/mol. The van der Waals surface area contributed by atoms with Crippen molar-refractivity contribution in [3.8, 4) is 0 Å². The Labute approximate surface area is 178 Å². The molecule has 1 aliphatic rings. The van der Waals surface area contributed by atoms with Crippen LogP contribution in [-0.4, -0.2) is 62.3 Å². The predicted molar refractivity (Wildman–Crippen MR) is 108 cm³/mol. The first-order valence-corrected chi connectivity index (χ1v) is 11.0. The van der Waals surface area contributed by atoms with Crippen LogP contribution >= 0.6 is 0 Å². The van der Waals surface area contributed by atoms with Gasteiger partial charge in [-0.15, -0.1) is 0 Å². The number of sulfonamides is 1. The number of piperazine rings is 1. The summed E-state index contributed by atoms with van der Waals surface area (Å²) >= 11 is 0. The van der Waals surface area contributed by atoms with E-state index >= 15 is 0 Å². The molecule has 1 saturated heterocycles. The largest absolute Gasteiger partial charge is 0.339 e. The molecule has 11 heteroatoms. The average molecular weight is 452 g/mol. The zero-order chi connectivity index (χ0) is 22.4. The molecule has 3 rings (SSSR count). The van der Waals surface area contributed by atoms with Crippen molar-refractivity contribution in [3.63, 3.8) is 0 Å². The van der Waals surface area contributed by atoms with Crippen LogP contribution in [0.2, 0.25) is 0 Å². The maximum atomic E-state index is 13.9. The summed E-state index contributed by atoms with van der Waals surface area (Å²) in [7, 11) is -4.22. The molecule has 166 valence electrons. The molecule has 0 aliphatic carbocycles. The number of nitrogens with one attached hydrogen (secondary N) is 2. The number of hydrogen-bond donors (Lipinski definition) is 2. The summed E-state index contributed by atoms with van der Waals surface area (Å²) in [5.41, 5.74) is 0.913. The second kappa shape index (κ2) is 9.84. The van der Waals surface area contributed by atoms with Crippen LogP contribution in [0.5, 0.6) is 0 Å². The molecule has 2 aromatic carbocycles. The lowest BCUT2D eigenvalue weighted by Crippen LogP contribution is -2.53. The van der Waals surface area contributed by atoms with E-state index in [9.17, 15) is 26.8 Å².